The van der Waals surface area contributed by atoms with E-state index in [1.807, 2.05) is 6.07 Å². The second kappa shape index (κ2) is 6.55. The largest absolute Gasteiger partial charge is 0.252 e. The lowest BCUT2D eigenvalue weighted by atomic mass is 10.0. The van der Waals surface area contributed by atoms with E-state index in [9.17, 15) is 13.2 Å². The van der Waals surface area contributed by atoms with Crippen LogP contribution in [0.5, 0.6) is 0 Å². The van der Waals surface area contributed by atoms with Gasteiger partial charge in [0.1, 0.15) is 17.5 Å². The summed E-state index contributed by atoms with van der Waals surface area (Å²) in [5.41, 5.74) is 1.71. The van der Waals surface area contributed by atoms with Crippen molar-refractivity contribution >= 4 is 0 Å². The van der Waals surface area contributed by atoms with E-state index in [0.29, 0.717) is 22.5 Å². The first-order valence-corrected chi connectivity index (χ1v) is 7.16. The molecule has 0 spiro atoms. The van der Waals surface area contributed by atoms with Crippen LogP contribution in [0.3, 0.4) is 0 Å². The molecule has 0 aliphatic rings. The molecule has 5 heteroatoms. The van der Waals surface area contributed by atoms with Gasteiger partial charge < -0.3 is 0 Å². The second-order valence-corrected chi connectivity index (χ2v) is 5.23. The fourth-order valence-electron chi connectivity index (χ4n) is 2.40. The highest BCUT2D eigenvalue weighted by Gasteiger charge is 2.10. The maximum absolute atomic E-state index is 13.9. The van der Waals surface area contributed by atoms with E-state index in [2.05, 4.69) is 4.98 Å². The molecule has 1 heterocycles. The Balaban J connectivity index is 1.96. The van der Waals surface area contributed by atoms with E-state index in [-0.39, 0.29) is 12.0 Å². The second-order valence-electron chi connectivity index (χ2n) is 5.23. The number of aromatic nitrogens is 1. The quantitative estimate of drug-likeness (QED) is 0.704. The van der Waals surface area contributed by atoms with Gasteiger partial charge in [0.15, 0.2) is 0 Å². The van der Waals surface area contributed by atoms with Crippen molar-refractivity contribution in [1.82, 2.24) is 4.98 Å². The molecule has 0 fully saturated rings. The minimum absolute atomic E-state index is 0.165. The Labute approximate surface area is 136 Å². The molecule has 0 N–H and O–H groups in total. The summed E-state index contributed by atoms with van der Waals surface area (Å²) in [6.45, 7) is 0. The van der Waals surface area contributed by atoms with Gasteiger partial charge in [0.05, 0.1) is 17.3 Å². The molecule has 118 valence electrons. The van der Waals surface area contributed by atoms with Crippen LogP contribution in [0, 0.1) is 28.8 Å². The van der Waals surface area contributed by atoms with Gasteiger partial charge in [0.25, 0.3) is 0 Å². The lowest BCUT2D eigenvalue weighted by Gasteiger charge is -2.07. The van der Waals surface area contributed by atoms with Crippen LogP contribution in [0.4, 0.5) is 13.2 Å². The molecular weight excluding hydrogens is 313 g/mol. The fourth-order valence-corrected chi connectivity index (χ4v) is 2.40. The molecule has 2 aromatic carbocycles. The standard InChI is InChI=1S/C19H11F3N2/c20-14-5-6-16(18(22)10-14)19-3-1-2-15(24-19)9-13-8-12(11-23)4-7-17(13)21/h1-8,10H,9H2. The molecule has 0 amide bonds. The van der Waals surface area contributed by atoms with Gasteiger partial charge in [-0.25, -0.2) is 13.2 Å². The van der Waals surface area contributed by atoms with E-state index < -0.39 is 17.5 Å². The predicted molar refractivity (Wildman–Crippen MR) is 83.5 cm³/mol. The van der Waals surface area contributed by atoms with Crippen LogP contribution in [0.1, 0.15) is 16.8 Å². The summed E-state index contributed by atoms with van der Waals surface area (Å²) in [5, 5.41) is 8.90. The van der Waals surface area contributed by atoms with Crippen molar-refractivity contribution in [2.45, 2.75) is 6.42 Å². The van der Waals surface area contributed by atoms with Gasteiger partial charge in [0.2, 0.25) is 0 Å². The molecular formula is C19H11F3N2. The monoisotopic (exact) mass is 324 g/mol. The topological polar surface area (TPSA) is 36.7 Å². The Kier molecular flexibility index (Phi) is 4.30. The van der Waals surface area contributed by atoms with Gasteiger partial charge in [0, 0.05) is 23.7 Å². The molecule has 1 aromatic heterocycles. The van der Waals surface area contributed by atoms with Crippen LogP contribution in [-0.4, -0.2) is 4.98 Å². The molecule has 24 heavy (non-hydrogen) atoms. The minimum atomic E-state index is -0.711. The van der Waals surface area contributed by atoms with E-state index in [4.69, 9.17) is 5.26 Å². The summed E-state index contributed by atoms with van der Waals surface area (Å²) >= 11 is 0. The highest BCUT2D eigenvalue weighted by molar-refractivity contribution is 5.60. The molecule has 0 saturated carbocycles. The Morgan fingerprint density at radius 3 is 2.50 bits per heavy atom. The number of halogens is 3. The van der Waals surface area contributed by atoms with Crippen molar-refractivity contribution in [3.8, 4) is 17.3 Å². The number of hydrogen-bond donors (Lipinski definition) is 0. The fraction of sp³-hybridized carbons (Fsp3) is 0.0526. The molecule has 0 saturated heterocycles. The summed E-state index contributed by atoms with van der Waals surface area (Å²) in [4.78, 5) is 4.31. The zero-order chi connectivity index (χ0) is 17.1. The smallest absolute Gasteiger partial charge is 0.135 e. The van der Waals surface area contributed by atoms with Crippen LogP contribution in [0.15, 0.2) is 54.6 Å². The Bertz CT molecular complexity index is 946. The van der Waals surface area contributed by atoms with Crippen LogP contribution in [0.25, 0.3) is 11.3 Å². The number of nitriles is 1. The Morgan fingerprint density at radius 2 is 1.75 bits per heavy atom. The van der Waals surface area contributed by atoms with Crippen molar-refractivity contribution in [3.05, 3.63) is 88.9 Å². The van der Waals surface area contributed by atoms with Crippen molar-refractivity contribution in [2.24, 2.45) is 0 Å². The summed E-state index contributed by atoms with van der Waals surface area (Å²) < 4.78 is 40.8. The van der Waals surface area contributed by atoms with Gasteiger partial charge in [-0.1, -0.05) is 6.07 Å². The van der Waals surface area contributed by atoms with E-state index in [1.165, 1.54) is 24.3 Å². The van der Waals surface area contributed by atoms with E-state index >= 15 is 0 Å². The average molecular weight is 324 g/mol. The molecule has 0 atom stereocenters. The van der Waals surface area contributed by atoms with Crippen LogP contribution in [-0.2, 0) is 6.42 Å². The summed E-state index contributed by atoms with van der Waals surface area (Å²) in [6.07, 6.45) is 0.165. The van der Waals surface area contributed by atoms with Crippen molar-refractivity contribution in [3.63, 3.8) is 0 Å². The number of benzene rings is 2. The number of rotatable bonds is 3. The molecule has 0 aliphatic carbocycles. The molecule has 3 rings (SSSR count). The van der Waals surface area contributed by atoms with Gasteiger partial charge >= 0.3 is 0 Å². The molecule has 0 radical (unpaired) electrons. The highest BCUT2D eigenvalue weighted by Crippen LogP contribution is 2.23. The summed E-state index contributed by atoms with van der Waals surface area (Å²) in [7, 11) is 0. The van der Waals surface area contributed by atoms with Crippen molar-refractivity contribution < 1.29 is 13.2 Å². The van der Waals surface area contributed by atoms with E-state index in [1.54, 1.807) is 18.2 Å². The zero-order valence-corrected chi connectivity index (χ0v) is 12.4. The first-order valence-electron chi connectivity index (χ1n) is 7.16. The van der Waals surface area contributed by atoms with Gasteiger partial charge in [-0.3, -0.25) is 4.98 Å². The maximum Gasteiger partial charge on any atom is 0.135 e. The first-order chi connectivity index (χ1) is 11.6. The van der Waals surface area contributed by atoms with E-state index in [0.717, 1.165) is 12.1 Å². The Morgan fingerprint density at radius 1 is 0.917 bits per heavy atom. The van der Waals surface area contributed by atoms with Crippen LogP contribution < -0.4 is 0 Å². The number of hydrogen-bond acceptors (Lipinski definition) is 2. The minimum Gasteiger partial charge on any atom is -0.252 e. The molecule has 0 unspecified atom stereocenters. The lowest BCUT2D eigenvalue weighted by molar-refractivity contribution is 0.585. The molecule has 0 aliphatic heterocycles. The van der Waals surface area contributed by atoms with Crippen LogP contribution >= 0.6 is 0 Å². The van der Waals surface area contributed by atoms with Crippen molar-refractivity contribution in [1.29, 1.82) is 5.26 Å². The van der Waals surface area contributed by atoms with Gasteiger partial charge in [-0.2, -0.15) is 5.26 Å². The lowest BCUT2D eigenvalue weighted by Crippen LogP contribution is -1.98. The van der Waals surface area contributed by atoms with Crippen molar-refractivity contribution in [2.75, 3.05) is 0 Å². The molecule has 3 aromatic rings. The third kappa shape index (κ3) is 3.28. The SMILES string of the molecule is N#Cc1ccc(F)c(Cc2cccc(-c3ccc(F)cc3F)n2)c1. The average Bonchev–Trinajstić information content (AvgIpc) is 2.57. The highest BCUT2D eigenvalue weighted by atomic mass is 19.1. The summed E-state index contributed by atoms with van der Waals surface area (Å²) in [6, 6.07) is 14.3. The Hall–Kier alpha value is -3.13. The predicted octanol–water partition coefficient (Wildman–Crippen LogP) is 4.63. The first kappa shape index (κ1) is 15.8. The normalized spacial score (nSPS) is 10.4. The third-order valence-electron chi connectivity index (χ3n) is 3.56. The van der Waals surface area contributed by atoms with Gasteiger partial charge in [-0.15, -0.1) is 0 Å². The molecule has 2 nitrogen and oxygen atoms in total. The van der Waals surface area contributed by atoms with Gasteiger partial charge in [-0.05, 0) is 48.0 Å². The third-order valence-corrected chi connectivity index (χ3v) is 3.56. The van der Waals surface area contributed by atoms with Crippen LogP contribution in [0.2, 0.25) is 0 Å². The number of nitrogens with zero attached hydrogens (tertiary/aromatic N) is 2. The zero-order valence-electron chi connectivity index (χ0n) is 12.4. The molecule has 0 bridgehead atoms. The summed E-state index contributed by atoms with van der Waals surface area (Å²) in [5.74, 6) is -1.81. The maximum atomic E-state index is 13.9. The number of pyridine rings is 1.